The van der Waals surface area contributed by atoms with E-state index in [9.17, 15) is 22.0 Å². The van der Waals surface area contributed by atoms with Crippen LogP contribution in [-0.4, -0.2) is 47.0 Å². The normalized spacial score (nSPS) is 17.9. The molecular formula is C21H22F2N4O3S. The van der Waals surface area contributed by atoms with Gasteiger partial charge in [-0.2, -0.15) is 13.1 Å². The molecule has 1 aliphatic heterocycles. The molecule has 2 heterocycles. The van der Waals surface area contributed by atoms with Crippen LogP contribution in [0.1, 0.15) is 25.8 Å². The summed E-state index contributed by atoms with van der Waals surface area (Å²) in [6.07, 6.45) is 3.04. The largest absolute Gasteiger partial charge is 0.325 e. The molecule has 31 heavy (non-hydrogen) atoms. The van der Waals surface area contributed by atoms with Crippen LogP contribution in [0.25, 0.3) is 22.4 Å². The fraction of sp³-hybridized carbons (Fsp3) is 0.333. The molecule has 0 spiro atoms. The van der Waals surface area contributed by atoms with Gasteiger partial charge in [0.15, 0.2) is 0 Å². The topological polar surface area (TPSA) is 84.3 Å². The van der Waals surface area contributed by atoms with E-state index in [0.717, 1.165) is 23.7 Å². The van der Waals surface area contributed by atoms with Crippen LogP contribution in [0.2, 0.25) is 0 Å². The maximum absolute atomic E-state index is 13.7. The molecule has 0 unspecified atom stereocenters. The maximum Gasteiger partial charge on any atom is 0.320 e. The molecule has 0 radical (unpaired) electrons. The lowest BCUT2D eigenvalue weighted by Crippen LogP contribution is -2.49. The lowest BCUT2D eigenvalue weighted by molar-refractivity contribution is -0.120. The highest BCUT2D eigenvalue weighted by atomic mass is 32.2. The van der Waals surface area contributed by atoms with Crippen LogP contribution in [0.3, 0.4) is 0 Å². The van der Waals surface area contributed by atoms with E-state index in [1.165, 1.54) is 4.31 Å². The third-order valence-corrected chi connectivity index (χ3v) is 6.67. The quantitative estimate of drug-likeness (QED) is 0.643. The van der Waals surface area contributed by atoms with Crippen molar-refractivity contribution in [3.05, 3.63) is 48.5 Å². The number of rotatable bonds is 5. The molecule has 0 saturated carbocycles. The zero-order valence-corrected chi connectivity index (χ0v) is 17.6. The van der Waals surface area contributed by atoms with Crippen LogP contribution < -0.4 is 5.32 Å². The Balaban J connectivity index is 1.57. The Morgan fingerprint density at radius 1 is 1.13 bits per heavy atom. The molecule has 0 bridgehead atoms. The first-order valence-corrected chi connectivity index (χ1v) is 11.7. The number of aromatic nitrogens is 2. The molecule has 1 N–H and O–H groups in total. The summed E-state index contributed by atoms with van der Waals surface area (Å²) < 4.78 is 53.4. The van der Waals surface area contributed by atoms with Gasteiger partial charge in [0.2, 0.25) is 15.9 Å². The standard InChI is InChI=1S/C21H22F2N4O3S/c1-31(29,30)26-13-5-4-8-18(26)20(28)24-15-11-9-14(10-12-15)19-25-16-6-2-3-7-17(16)27(19)21(22)23/h2-3,6-7,9-12,18,21H,4-5,8,13H2,1H3,(H,24,28)/t18-/m1/s1. The number of hydrogen-bond acceptors (Lipinski definition) is 4. The molecular weight excluding hydrogens is 426 g/mol. The number of carbonyl (C=O) groups excluding carboxylic acids is 1. The molecule has 7 nitrogen and oxygen atoms in total. The molecule has 1 aliphatic rings. The number of fused-ring (bicyclic) bond motifs is 1. The number of anilines is 1. The predicted octanol–water partition coefficient (Wildman–Crippen LogP) is 3.85. The number of amides is 1. The van der Waals surface area contributed by atoms with Crippen LogP contribution in [0.5, 0.6) is 0 Å². The fourth-order valence-electron chi connectivity index (χ4n) is 3.94. The minimum Gasteiger partial charge on any atom is -0.325 e. The summed E-state index contributed by atoms with van der Waals surface area (Å²) in [4.78, 5) is 17.0. The predicted molar refractivity (Wildman–Crippen MR) is 114 cm³/mol. The number of imidazole rings is 1. The van der Waals surface area contributed by atoms with Crippen molar-refractivity contribution < 1.29 is 22.0 Å². The van der Waals surface area contributed by atoms with E-state index in [0.29, 0.717) is 35.2 Å². The Hall–Kier alpha value is -2.85. The van der Waals surface area contributed by atoms with E-state index in [2.05, 4.69) is 10.3 Å². The monoisotopic (exact) mass is 448 g/mol. The molecule has 0 aliphatic carbocycles. The Morgan fingerprint density at radius 2 is 1.84 bits per heavy atom. The van der Waals surface area contributed by atoms with Crippen molar-refractivity contribution in [3.63, 3.8) is 0 Å². The van der Waals surface area contributed by atoms with E-state index in [4.69, 9.17) is 0 Å². The molecule has 10 heteroatoms. The second-order valence-electron chi connectivity index (χ2n) is 7.52. The third kappa shape index (κ3) is 4.31. The number of benzene rings is 2. The molecule has 1 fully saturated rings. The number of alkyl halides is 2. The van der Waals surface area contributed by atoms with Gasteiger partial charge >= 0.3 is 6.55 Å². The minimum atomic E-state index is -3.49. The van der Waals surface area contributed by atoms with Crippen molar-refractivity contribution in [2.75, 3.05) is 18.1 Å². The van der Waals surface area contributed by atoms with E-state index in [-0.39, 0.29) is 5.82 Å². The summed E-state index contributed by atoms with van der Waals surface area (Å²) in [7, 11) is -3.49. The Morgan fingerprint density at radius 3 is 2.52 bits per heavy atom. The van der Waals surface area contributed by atoms with Gasteiger partial charge in [-0.15, -0.1) is 0 Å². The van der Waals surface area contributed by atoms with Gasteiger partial charge in [0.25, 0.3) is 0 Å². The van der Waals surface area contributed by atoms with Crippen molar-refractivity contribution in [2.24, 2.45) is 0 Å². The van der Waals surface area contributed by atoms with Gasteiger partial charge in [-0.3, -0.25) is 9.36 Å². The molecule has 1 amide bonds. The summed E-state index contributed by atoms with van der Waals surface area (Å²) in [6.45, 7) is -2.44. The first kappa shape index (κ1) is 21.4. The van der Waals surface area contributed by atoms with Crippen LogP contribution in [-0.2, 0) is 14.8 Å². The van der Waals surface area contributed by atoms with E-state index >= 15 is 0 Å². The summed E-state index contributed by atoms with van der Waals surface area (Å²) >= 11 is 0. The number of carbonyl (C=O) groups is 1. The maximum atomic E-state index is 13.7. The van der Waals surface area contributed by atoms with E-state index in [1.807, 2.05) is 0 Å². The second kappa shape index (κ2) is 8.35. The minimum absolute atomic E-state index is 0.129. The second-order valence-corrected chi connectivity index (χ2v) is 9.46. The summed E-state index contributed by atoms with van der Waals surface area (Å²) in [6, 6.07) is 12.3. The van der Waals surface area contributed by atoms with E-state index < -0.39 is 28.5 Å². The zero-order chi connectivity index (χ0) is 22.2. The zero-order valence-electron chi connectivity index (χ0n) is 16.8. The lowest BCUT2D eigenvalue weighted by atomic mass is 10.0. The Labute approximate surface area is 178 Å². The molecule has 1 atom stereocenters. The number of nitrogens with zero attached hydrogens (tertiary/aromatic N) is 3. The van der Waals surface area contributed by atoms with Gasteiger partial charge in [0, 0.05) is 17.8 Å². The highest BCUT2D eigenvalue weighted by Gasteiger charge is 2.34. The van der Waals surface area contributed by atoms with Crippen molar-refractivity contribution in [1.82, 2.24) is 13.9 Å². The fourth-order valence-corrected chi connectivity index (χ4v) is 5.06. The number of sulfonamides is 1. The molecule has 164 valence electrons. The summed E-state index contributed by atoms with van der Waals surface area (Å²) in [5.41, 5.74) is 1.73. The van der Waals surface area contributed by atoms with Gasteiger partial charge < -0.3 is 5.32 Å². The number of para-hydroxylation sites is 2. The van der Waals surface area contributed by atoms with E-state index in [1.54, 1.807) is 48.5 Å². The SMILES string of the molecule is CS(=O)(=O)N1CCCC[C@@H]1C(=O)Nc1ccc(-c2nc3ccccc3n2C(F)F)cc1. The van der Waals surface area contributed by atoms with Gasteiger partial charge in [-0.1, -0.05) is 18.6 Å². The smallest absolute Gasteiger partial charge is 0.320 e. The molecule has 4 rings (SSSR count). The highest BCUT2D eigenvalue weighted by molar-refractivity contribution is 7.88. The van der Waals surface area contributed by atoms with Gasteiger partial charge in [0.05, 0.1) is 17.3 Å². The highest BCUT2D eigenvalue weighted by Crippen LogP contribution is 2.30. The van der Waals surface area contributed by atoms with Crippen LogP contribution in [0, 0.1) is 0 Å². The van der Waals surface area contributed by atoms with Crippen LogP contribution in [0.4, 0.5) is 14.5 Å². The van der Waals surface area contributed by atoms with Crippen LogP contribution >= 0.6 is 0 Å². The lowest BCUT2D eigenvalue weighted by Gasteiger charge is -2.32. The Kier molecular flexibility index (Phi) is 5.76. The number of hydrogen-bond donors (Lipinski definition) is 1. The molecule has 3 aromatic rings. The van der Waals surface area contributed by atoms with Crippen molar-refractivity contribution in [2.45, 2.75) is 31.9 Å². The molecule has 1 aromatic heterocycles. The van der Waals surface area contributed by atoms with Gasteiger partial charge in [-0.25, -0.2) is 13.4 Å². The van der Waals surface area contributed by atoms with Crippen molar-refractivity contribution in [1.29, 1.82) is 0 Å². The first-order valence-electron chi connectivity index (χ1n) is 9.89. The number of halogens is 2. The average Bonchev–Trinajstić information content (AvgIpc) is 3.13. The van der Waals surface area contributed by atoms with Crippen molar-refractivity contribution in [3.8, 4) is 11.4 Å². The first-order chi connectivity index (χ1) is 14.8. The van der Waals surface area contributed by atoms with Gasteiger partial charge in [-0.05, 0) is 49.2 Å². The van der Waals surface area contributed by atoms with Crippen molar-refractivity contribution >= 4 is 32.7 Å². The molecule has 1 saturated heterocycles. The van der Waals surface area contributed by atoms with Gasteiger partial charge in [0.1, 0.15) is 11.9 Å². The third-order valence-electron chi connectivity index (χ3n) is 5.38. The molecule has 2 aromatic carbocycles. The Bertz CT molecular complexity index is 1210. The number of nitrogens with one attached hydrogen (secondary N) is 1. The van der Waals surface area contributed by atoms with Crippen LogP contribution in [0.15, 0.2) is 48.5 Å². The average molecular weight is 448 g/mol. The summed E-state index contributed by atoms with van der Waals surface area (Å²) in [5.74, 6) is -0.276. The summed E-state index contributed by atoms with van der Waals surface area (Å²) in [5, 5.41) is 2.74. The number of piperidine rings is 1.